The van der Waals surface area contributed by atoms with Crippen LogP contribution in [-0.2, 0) is 10.9 Å². The predicted octanol–water partition coefficient (Wildman–Crippen LogP) is 3.13. The van der Waals surface area contributed by atoms with Crippen LogP contribution in [0.25, 0.3) is 0 Å². The van der Waals surface area contributed by atoms with E-state index in [-0.39, 0.29) is 23.4 Å². The average Bonchev–Trinajstić information content (AvgIpc) is 2.82. The van der Waals surface area contributed by atoms with Gasteiger partial charge in [0.05, 0.1) is 17.7 Å². The Hall–Kier alpha value is -1.56. The summed E-state index contributed by atoms with van der Waals surface area (Å²) in [7, 11) is 1.63. The van der Waals surface area contributed by atoms with Crippen molar-refractivity contribution >= 4 is 12.0 Å². The van der Waals surface area contributed by atoms with Gasteiger partial charge in [0.15, 0.2) is 0 Å². The number of hydrogen-bond donors (Lipinski definition) is 0. The van der Waals surface area contributed by atoms with Crippen LogP contribution in [0.1, 0.15) is 29.3 Å². The lowest BCUT2D eigenvalue weighted by atomic mass is 10.0. The molecule has 6 heteroatoms. The van der Waals surface area contributed by atoms with Gasteiger partial charge in [0, 0.05) is 24.9 Å². The number of nitrogens with zero attached hydrogens (tertiary/aromatic N) is 1. The van der Waals surface area contributed by atoms with Gasteiger partial charge in [-0.2, -0.15) is 13.2 Å². The maximum atomic E-state index is 13.1. The molecule has 0 aromatic heterocycles. The number of aldehydes is 1. The second-order valence-corrected chi connectivity index (χ2v) is 4.94. The van der Waals surface area contributed by atoms with Crippen LogP contribution in [0.5, 0.6) is 0 Å². The third-order valence-electron chi connectivity index (χ3n) is 3.68. The summed E-state index contributed by atoms with van der Waals surface area (Å²) < 4.78 is 44.8. The first-order valence-corrected chi connectivity index (χ1v) is 6.35. The molecule has 20 heavy (non-hydrogen) atoms. The van der Waals surface area contributed by atoms with Gasteiger partial charge in [-0.25, -0.2) is 0 Å². The zero-order chi connectivity index (χ0) is 14.9. The van der Waals surface area contributed by atoms with Gasteiger partial charge >= 0.3 is 6.18 Å². The molecule has 0 aliphatic carbocycles. The van der Waals surface area contributed by atoms with Gasteiger partial charge in [0.25, 0.3) is 0 Å². The van der Waals surface area contributed by atoms with Crippen molar-refractivity contribution in [3.8, 4) is 0 Å². The summed E-state index contributed by atoms with van der Waals surface area (Å²) in [6.07, 6.45) is -3.51. The van der Waals surface area contributed by atoms with E-state index in [0.717, 1.165) is 6.07 Å². The largest absolute Gasteiger partial charge is 0.418 e. The van der Waals surface area contributed by atoms with Crippen LogP contribution < -0.4 is 4.90 Å². The number of rotatable bonds is 3. The van der Waals surface area contributed by atoms with E-state index in [1.807, 2.05) is 6.92 Å². The minimum Gasteiger partial charge on any atom is -0.376 e. The SMILES string of the molecule is CC1OCCC1N(C)c1ccc(C=O)cc1C(F)(F)F. The van der Waals surface area contributed by atoms with Crippen molar-refractivity contribution in [2.24, 2.45) is 0 Å². The van der Waals surface area contributed by atoms with E-state index in [2.05, 4.69) is 0 Å². The third-order valence-corrected chi connectivity index (χ3v) is 3.68. The van der Waals surface area contributed by atoms with Gasteiger partial charge in [-0.3, -0.25) is 4.79 Å². The van der Waals surface area contributed by atoms with E-state index in [1.54, 1.807) is 11.9 Å². The van der Waals surface area contributed by atoms with Crippen molar-refractivity contribution in [3.63, 3.8) is 0 Å². The molecular formula is C14H16F3NO2. The van der Waals surface area contributed by atoms with E-state index in [0.29, 0.717) is 19.3 Å². The molecule has 2 unspecified atom stereocenters. The normalized spacial score (nSPS) is 22.9. The van der Waals surface area contributed by atoms with Gasteiger partial charge < -0.3 is 9.64 Å². The molecule has 1 heterocycles. The molecule has 3 nitrogen and oxygen atoms in total. The Morgan fingerprint density at radius 2 is 2.10 bits per heavy atom. The molecule has 1 aliphatic rings. The van der Waals surface area contributed by atoms with Crippen LogP contribution in [0.2, 0.25) is 0 Å². The number of hydrogen-bond acceptors (Lipinski definition) is 3. The third kappa shape index (κ3) is 2.80. The zero-order valence-corrected chi connectivity index (χ0v) is 11.3. The summed E-state index contributed by atoms with van der Waals surface area (Å²) in [5, 5.41) is 0. The molecule has 2 atom stereocenters. The molecule has 0 radical (unpaired) electrons. The zero-order valence-electron chi connectivity index (χ0n) is 11.3. The van der Waals surface area contributed by atoms with Gasteiger partial charge in [-0.15, -0.1) is 0 Å². The molecular weight excluding hydrogens is 271 g/mol. The molecule has 0 bridgehead atoms. The van der Waals surface area contributed by atoms with Crippen molar-refractivity contribution in [1.29, 1.82) is 0 Å². The first kappa shape index (κ1) is 14.8. The number of anilines is 1. The minimum absolute atomic E-state index is 0.0187. The molecule has 1 saturated heterocycles. The van der Waals surface area contributed by atoms with E-state index < -0.39 is 11.7 Å². The molecule has 0 amide bonds. The first-order chi connectivity index (χ1) is 9.34. The highest BCUT2D eigenvalue weighted by Gasteiger charge is 2.37. The van der Waals surface area contributed by atoms with E-state index in [4.69, 9.17) is 4.74 Å². The fourth-order valence-corrected chi connectivity index (χ4v) is 2.57. The molecule has 1 aromatic rings. The summed E-state index contributed by atoms with van der Waals surface area (Å²) in [4.78, 5) is 12.3. The van der Waals surface area contributed by atoms with E-state index in [9.17, 15) is 18.0 Å². The second kappa shape index (κ2) is 5.44. The van der Waals surface area contributed by atoms with Crippen molar-refractivity contribution in [1.82, 2.24) is 0 Å². The summed E-state index contributed by atoms with van der Waals surface area (Å²) in [5.41, 5.74) is -0.695. The monoisotopic (exact) mass is 287 g/mol. The van der Waals surface area contributed by atoms with E-state index >= 15 is 0 Å². The number of carbonyl (C=O) groups is 1. The quantitative estimate of drug-likeness (QED) is 0.800. The summed E-state index contributed by atoms with van der Waals surface area (Å²) in [6, 6.07) is 3.53. The lowest BCUT2D eigenvalue weighted by molar-refractivity contribution is -0.137. The Morgan fingerprint density at radius 1 is 1.40 bits per heavy atom. The second-order valence-electron chi connectivity index (χ2n) is 4.94. The number of ether oxygens (including phenoxy) is 1. The molecule has 110 valence electrons. The Labute approximate surface area is 115 Å². The van der Waals surface area contributed by atoms with Gasteiger partial charge in [0.1, 0.15) is 6.29 Å². The Bertz CT molecular complexity index is 502. The van der Waals surface area contributed by atoms with Crippen LogP contribution in [-0.4, -0.2) is 32.1 Å². The fraction of sp³-hybridized carbons (Fsp3) is 0.500. The average molecular weight is 287 g/mol. The maximum absolute atomic E-state index is 13.1. The standard InChI is InChI=1S/C14H16F3NO2/c1-9-12(5-6-20-9)18(2)13-4-3-10(8-19)7-11(13)14(15,16)17/h3-4,7-9,12H,5-6H2,1-2H3. The number of benzene rings is 1. The first-order valence-electron chi connectivity index (χ1n) is 6.35. The van der Waals surface area contributed by atoms with Crippen LogP contribution in [0.15, 0.2) is 18.2 Å². The number of alkyl halides is 3. The topological polar surface area (TPSA) is 29.5 Å². The highest BCUT2D eigenvalue weighted by Crippen LogP contribution is 2.38. The van der Waals surface area contributed by atoms with Crippen LogP contribution in [0.3, 0.4) is 0 Å². The highest BCUT2D eigenvalue weighted by atomic mass is 19.4. The molecule has 0 N–H and O–H groups in total. The molecule has 1 aromatic carbocycles. The maximum Gasteiger partial charge on any atom is 0.418 e. The number of halogens is 3. The lowest BCUT2D eigenvalue weighted by Gasteiger charge is -2.31. The van der Waals surface area contributed by atoms with Crippen LogP contribution >= 0.6 is 0 Å². The molecule has 2 rings (SSSR count). The number of likely N-dealkylation sites (N-methyl/N-ethyl adjacent to an activating group) is 1. The molecule has 0 saturated carbocycles. The van der Waals surface area contributed by atoms with Gasteiger partial charge in [0.2, 0.25) is 0 Å². The van der Waals surface area contributed by atoms with Crippen molar-refractivity contribution < 1.29 is 22.7 Å². The van der Waals surface area contributed by atoms with Crippen molar-refractivity contribution in [2.45, 2.75) is 31.7 Å². The summed E-state index contributed by atoms with van der Waals surface area (Å²) in [5.74, 6) is 0. The predicted molar refractivity (Wildman–Crippen MR) is 69.1 cm³/mol. The fourth-order valence-electron chi connectivity index (χ4n) is 2.57. The minimum atomic E-state index is -4.49. The number of carbonyl (C=O) groups excluding carboxylic acids is 1. The Morgan fingerprint density at radius 3 is 2.60 bits per heavy atom. The summed E-state index contributed by atoms with van der Waals surface area (Å²) in [6.45, 7) is 2.39. The van der Waals surface area contributed by atoms with Crippen LogP contribution in [0, 0.1) is 0 Å². The van der Waals surface area contributed by atoms with Gasteiger partial charge in [-0.05, 0) is 31.5 Å². The highest BCUT2D eigenvalue weighted by molar-refractivity contribution is 5.77. The van der Waals surface area contributed by atoms with Crippen molar-refractivity contribution in [3.05, 3.63) is 29.3 Å². The molecule has 1 aliphatic heterocycles. The Kier molecular flexibility index (Phi) is 4.04. The molecule has 1 fully saturated rings. The molecule has 0 spiro atoms. The Balaban J connectivity index is 2.42. The lowest BCUT2D eigenvalue weighted by Crippen LogP contribution is -2.37. The van der Waals surface area contributed by atoms with Crippen molar-refractivity contribution in [2.75, 3.05) is 18.6 Å². The smallest absolute Gasteiger partial charge is 0.376 e. The van der Waals surface area contributed by atoms with E-state index in [1.165, 1.54) is 12.1 Å². The van der Waals surface area contributed by atoms with Crippen LogP contribution in [0.4, 0.5) is 18.9 Å². The van der Waals surface area contributed by atoms with Gasteiger partial charge in [-0.1, -0.05) is 0 Å². The summed E-state index contributed by atoms with van der Waals surface area (Å²) >= 11 is 0.